The highest BCUT2D eigenvalue weighted by molar-refractivity contribution is 7.89. The second-order valence-electron chi connectivity index (χ2n) is 5.83. The van der Waals surface area contributed by atoms with E-state index >= 15 is 0 Å². The Kier molecular flexibility index (Phi) is 6.67. The van der Waals surface area contributed by atoms with Crippen molar-refractivity contribution in [3.8, 4) is 6.07 Å². The van der Waals surface area contributed by atoms with Crippen LogP contribution in [0.3, 0.4) is 0 Å². The first-order valence-electron chi connectivity index (χ1n) is 7.48. The van der Waals surface area contributed by atoms with Crippen LogP contribution in [0.25, 0.3) is 0 Å². The van der Waals surface area contributed by atoms with E-state index in [-0.39, 0.29) is 16.4 Å². The van der Waals surface area contributed by atoms with Gasteiger partial charge in [-0.05, 0) is 38.1 Å². The van der Waals surface area contributed by atoms with Gasteiger partial charge in [-0.15, -0.1) is 0 Å². The van der Waals surface area contributed by atoms with E-state index in [2.05, 4.69) is 10.0 Å². The standard InChI is InChI=1S/C16H21N3O5S/c1-11(2)16(3,10-17)19-14(20)9-24-15(21)12-6-5-7-13(8-12)25(22,23)18-4/h5-8,11,18H,9H2,1-4H3,(H,19,20)/t16-/m1/s1. The number of amides is 1. The molecule has 8 nitrogen and oxygen atoms in total. The van der Waals surface area contributed by atoms with Crippen LogP contribution < -0.4 is 10.0 Å². The Bertz CT molecular complexity index is 798. The maximum atomic E-state index is 12.0. The van der Waals surface area contributed by atoms with Gasteiger partial charge in [0.05, 0.1) is 16.5 Å². The summed E-state index contributed by atoms with van der Waals surface area (Å²) < 4.78 is 30.5. The maximum Gasteiger partial charge on any atom is 0.338 e. The molecule has 1 rings (SSSR count). The maximum absolute atomic E-state index is 12.0. The van der Waals surface area contributed by atoms with Crippen LogP contribution in [0.15, 0.2) is 29.2 Å². The molecule has 0 radical (unpaired) electrons. The van der Waals surface area contributed by atoms with E-state index in [0.29, 0.717) is 0 Å². The molecule has 0 heterocycles. The third-order valence-electron chi connectivity index (χ3n) is 3.77. The third-order valence-corrected chi connectivity index (χ3v) is 5.18. The Hall–Kier alpha value is -2.44. The molecule has 2 N–H and O–H groups in total. The predicted molar refractivity (Wildman–Crippen MR) is 90.0 cm³/mol. The number of benzene rings is 1. The van der Waals surface area contributed by atoms with Gasteiger partial charge in [0.2, 0.25) is 10.0 Å². The fraction of sp³-hybridized carbons (Fsp3) is 0.438. The first-order chi connectivity index (χ1) is 11.6. The average Bonchev–Trinajstić information content (AvgIpc) is 2.59. The number of carbonyl (C=O) groups excluding carboxylic acids is 2. The molecule has 0 saturated heterocycles. The molecule has 0 spiro atoms. The molecule has 1 atom stereocenters. The van der Waals surface area contributed by atoms with Gasteiger partial charge in [-0.1, -0.05) is 19.9 Å². The quantitative estimate of drug-likeness (QED) is 0.687. The van der Waals surface area contributed by atoms with E-state index in [0.717, 1.165) is 6.07 Å². The van der Waals surface area contributed by atoms with Gasteiger partial charge in [-0.25, -0.2) is 17.9 Å². The van der Waals surface area contributed by atoms with E-state index in [1.807, 2.05) is 6.07 Å². The van der Waals surface area contributed by atoms with Gasteiger partial charge >= 0.3 is 5.97 Å². The number of nitrogens with zero attached hydrogens (tertiary/aromatic N) is 1. The zero-order chi connectivity index (χ0) is 19.3. The molecule has 1 amide bonds. The molecule has 0 saturated carbocycles. The van der Waals surface area contributed by atoms with E-state index in [1.54, 1.807) is 20.8 Å². The lowest BCUT2D eigenvalue weighted by molar-refractivity contribution is -0.125. The monoisotopic (exact) mass is 367 g/mol. The van der Waals surface area contributed by atoms with Gasteiger partial charge < -0.3 is 10.1 Å². The summed E-state index contributed by atoms with van der Waals surface area (Å²) in [4.78, 5) is 23.8. The van der Waals surface area contributed by atoms with Crippen molar-refractivity contribution >= 4 is 21.9 Å². The summed E-state index contributed by atoms with van der Waals surface area (Å²) in [5.41, 5.74) is -1.08. The summed E-state index contributed by atoms with van der Waals surface area (Å²) in [5.74, 6) is -1.60. The minimum absolute atomic E-state index is 0.00368. The lowest BCUT2D eigenvalue weighted by Gasteiger charge is -2.27. The Morgan fingerprint density at radius 3 is 2.52 bits per heavy atom. The molecule has 136 valence electrons. The van der Waals surface area contributed by atoms with Gasteiger partial charge in [0, 0.05) is 0 Å². The average molecular weight is 367 g/mol. The van der Waals surface area contributed by atoms with Crippen molar-refractivity contribution in [2.45, 2.75) is 31.2 Å². The summed E-state index contributed by atoms with van der Waals surface area (Å²) in [7, 11) is -2.44. The highest BCUT2D eigenvalue weighted by atomic mass is 32.2. The van der Waals surface area contributed by atoms with E-state index in [9.17, 15) is 18.0 Å². The van der Waals surface area contributed by atoms with Crippen molar-refractivity contribution in [3.05, 3.63) is 29.8 Å². The summed E-state index contributed by atoms with van der Waals surface area (Å²) in [5, 5.41) is 11.7. The number of rotatable bonds is 7. The molecule has 0 fully saturated rings. The molecular weight excluding hydrogens is 346 g/mol. The van der Waals surface area contributed by atoms with Gasteiger partial charge in [0.25, 0.3) is 5.91 Å². The van der Waals surface area contributed by atoms with Crippen molar-refractivity contribution in [3.63, 3.8) is 0 Å². The number of esters is 1. The molecule has 0 aliphatic carbocycles. The first kappa shape index (κ1) is 20.6. The molecule has 0 unspecified atom stereocenters. The van der Waals surface area contributed by atoms with Crippen molar-refractivity contribution in [1.82, 2.24) is 10.0 Å². The van der Waals surface area contributed by atoms with Crippen molar-refractivity contribution < 1.29 is 22.7 Å². The number of ether oxygens (including phenoxy) is 1. The number of sulfonamides is 1. The van der Waals surface area contributed by atoms with Gasteiger partial charge in [-0.3, -0.25) is 4.79 Å². The van der Waals surface area contributed by atoms with E-state index < -0.39 is 34.0 Å². The lowest BCUT2D eigenvalue weighted by Crippen LogP contribution is -2.50. The smallest absolute Gasteiger partial charge is 0.338 e. The lowest BCUT2D eigenvalue weighted by atomic mass is 9.90. The highest BCUT2D eigenvalue weighted by Gasteiger charge is 2.30. The van der Waals surface area contributed by atoms with Crippen LogP contribution in [0.2, 0.25) is 0 Å². The Balaban J connectivity index is 2.77. The van der Waals surface area contributed by atoms with Crippen LogP contribution in [0, 0.1) is 17.2 Å². The Labute approximate surface area is 147 Å². The van der Waals surface area contributed by atoms with Crippen molar-refractivity contribution in [2.75, 3.05) is 13.7 Å². The Morgan fingerprint density at radius 1 is 1.36 bits per heavy atom. The van der Waals surface area contributed by atoms with Gasteiger partial charge in [0.1, 0.15) is 5.54 Å². The molecular formula is C16H21N3O5S. The van der Waals surface area contributed by atoms with Crippen LogP contribution in [-0.4, -0.2) is 39.5 Å². The predicted octanol–water partition coefficient (Wildman–Crippen LogP) is 0.806. The molecule has 0 bridgehead atoms. The topological polar surface area (TPSA) is 125 Å². The highest BCUT2D eigenvalue weighted by Crippen LogP contribution is 2.15. The number of nitriles is 1. The van der Waals surface area contributed by atoms with E-state index in [1.165, 1.54) is 25.2 Å². The van der Waals surface area contributed by atoms with Gasteiger partial charge in [0.15, 0.2) is 6.61 Å². The number of hydrogen-bond donors (Lipinski definition) is 2. The van der Waals surface area contributed by atoms with E-state index in [4.69, 9.17) is 10.00 Å². The largest absolute Gasteiger partial charge is 0.452 e. The summed E-state index contributed by atoms with van der Waals surface area (Å²) in [6.45, 7) is 4.56. The van der Waals surface area contributed by atoms with Crippen LogP contribution >= 0.6 is 0 Å². The Morgan fingerprint density at radius 2 is 2.00 bits per heavy atom. The minimum atomic E-state index is -3.70. The number of hydrogen-bond acceptors (Lipinski definition) is 6. The second kappa shape index (κ2) is 8.09. The third kappa shape index (κ3) is 5.27. The molecule has 0 aliphatic heterocycles. The normalized spacial score (nSPS) is 13.6. The first-order valence-corrected chi connectivity index (χ1v) is 8.97. The molecule has 9 heteroatoms. The van der Waals surface area contributed by atoms with Crippen molar-refractivity contribution in [2.24, 2.45) is 5.92 Å². The summed E-state index contributed by atoms with van der Waals surface area (Å²) in [6, 6.07) is 7.27. The molecule has 1 aromatic carbocycles. The molecule has 0 aromatic heterocycles. The fourth-order valence-corrected chi connectivity index (χ4v) is 2.53. The molecule has 25 heavy (non-hydrogen) atoms. The van der Waals surface area contributed by atoms with Gasteiger partial charge in [-0.2, -0.15) is 5.26 Å². The van der Waals surface area contributed by atoms with Crippen molar-refractivity contribution in [1.29, 1.82) is 5.26 Å². The summed E-state index contributed by atoms with van der Waals surface area (Å²) >= 11 is 0. The second-order valence-corrected chi connectivity index (χ2v) is 7.72. The van der Waals surface area contributed by atoms with Crippen LogP contribution in [0.5, 0.6) is 0 Å². The fourth-order valence-electron chi connectivity index (χ4n) is 1.75. The zero-order valence-corrected chi connectivity index (χ0v) is 15.3. The summed E-state index contributed by atoms with van der Waals surface area (Å²) in [6.07, 6.45) is 0. The molecule has 0 aliphatic rings. The SMILES string of the molecule is CNS(=O)(=O)c1cccc(C(=O)OCC(=O)N[C@](C)(C#N)C(C)C)c1. The van der Waals surface area contributed by atoms with Crippen LogP contribution in [0.4, 0.5) is 0 Å². The van der Waals surface area contributed by atoms with Crippen LogP contribution in [-0.2, 0) is 19.6 Å². The number of nitrogens with one attached hydrogen (secondary N) is 2. The number of carbonyl (C=O) groups is 2. The zero-order valence-electron chi connectivity index (χ0n) is 14.5. The molecule has 1 aromatic rings. The van der Waals surface area contributed by atoms with Crippen LogP contribution in [0.1, 0.15) is 31.1 Å². The minimum Gasteiger partial charge on any atom is -0.452 e.